The zero-order valence-electron chi connectivity index (χ0n) is 13.1. The second kappa shape index (κ2) is 9.73. The Morgan fingerprint density at radius 1 is 1.06 bits per heavy atom. The van der Waals surface area contributed by atoms with E-state index in [1.165, 1.54) is 0 Å². The normalized spacial score (nSPS) is 15.7. The van der Waals surface area contributed by atoms with Gasteiger partial charge in [-0.05, 0) is 40.0 Å². The Morgan fingerprint density at radius 2 is 1.67 bits per heavy atom. The van der Waals surface area contributed by atoms with Gasteiger partial charge in [-0.1, -0.05) is 20.8 Å². The van der Waals surface area contributed by atoms with Crippen LogP contribution in [0.4, 0.5) is 0 Å². The van der Waals surface area contributed by atoms with Crippen molar-refractivity contribution >= 4 is 0 Å². The highest BCUT2D eigenvalue weighted by Gasteiger charge is 2.16. The van der Waals surface area contributed by atoms with Crippen molar-refractivity contribution in [1.82, 2.24) is 15.1 Å². The maximum atomic E-state index is 10.0. The van der Waals surface area contributed by atoms with E-state index >= 15 is 0 Å². The molecule has 2 atom stereocenters. The molecule has 0 aliphatic carbocycles. The lowest BCUT2D eigenvalue weighted by Crippen LogP contribution is -2.46. The lowest BCUT2D eigenvalue weighted by atomic mass is 10.2. The van der Waals surface area contributed by atoms with Gasteiger partial charge in [-0.2, -0.15) is 0 Å². The first kappa shape index (κ1) is 17.8. The van der Waals surface area contributed by atoms with Gasteiger partial charge in [0.25, 0.3) is 0 Å². The lowest BCUT2D eigenvalue weighted by molar-refractivity contribution is 0.0850. The summed E-state index contributed by atoms with van der Waals surface area (Å²) < 4.78 is 0. The number of hydrogen-bond acceptors (Lipinski definition) is 4. The van der Waals surface area contributed by atoms with E-state index in [1.54, 1.807) is 0 Å². The Morgan fingerprint density at radius 3 is 2.11 bits per heavy atom. The number of nitrogens with one attached hydrogen (secondary N) is 1. The Labute approximate surface area is 113 Å². The minimum Gasteiger partial charge on any atom is -0.390 e. The summed E-state index contributed by atoms with van der Waals surface area (Å²) in [5.74, 6) is 0.632. The monoisotopic (exact) mass is 259 g/mol. The lowest BCUT2D eigenvalue weighted by Gasteiger charge is -2.31. The van der Waals surface area contributed by atoms with Gasteiger partial charge >= 0.3 is 0 Å². The Hall–Kier alpha value is -0.160. The fourth-order valence-electron chi connectivity index (χ4n) is 2.14. The van der Waals surface area contributed by atoms with Crippen LogP contribution >= 0.6 is 0 Å². The number of nitrogens with zero attached hydrogens (tertiary/aromatic N) is 2. The van der Waals surface area contributed by atoms with Crippen LogP contribution in [-0.2, 0) is 0 Å². The van der Waals surface area contributed by atoms with Crippen molar-refractivity contribution in [3.8, 4) is 0 Å². The molecule has 0 aliphatic heterocycles. The summed E-state index contributed by atoms with van der Waals surface area (Å²) in [5.41, 5.74) is 0. The average Bonchev–Trinajstić information content (AvgIpc) is 2.24. The maximum absolute atomic E-state index is 10.0. The fourth-order valence-corrected chi connectivity index (χ4v) is 2.14. The first-order chi connectivity index (χ1) is 8.36. The highest BCUT2D eigenvalue weighted by Crippen LogP contribution is 2.02. The van der Waals surface area contributed by atoms with Crippen LogP contribution in [0.5, 0.6) is 0 Å². The topological polar surface area (TPSA) is 38.7 Å². The van der Waals surface area contributed by atoms with E-state index in [0.29, 0.717) is 18.5 Å². The molecule has 0 radical (unpaired) electrons. The van der Waals surface area contributed by atoms with Gasteiger partial charge in [0.2, 0.25) is 0 Å². The van der Waals surface area contributed by atoms with Crippen molar-refractivity contribution in [2.75, 3.05) is 46.8 Å². The summed E-state index contributed by atoms with van der Waals surface area (Å²) in [6.07, 6.45) is -0.284. The molecule has 2 N–H and O–H groups in total. The van der Waals surface area contributed by atoms with E-state index in [9.17, 15) is 5.11 Å². The second-order valence-corrected chi connectivity index (χ2v) is 5.90. The van der Waals surface area contributed by atoms with Crippen molar-refractivity contribution in [2.24, 2.45) is 5.92 Å². The zero-order chi connectivity index (χ0) is 14.1. The van der Waals surface area contributed by atoms with Gasteiger partial charge in [-0.25, -0.2) is 0 Å². The molecule has 0 aromatic heterocycles. The van der Waals surface area contributed by atoms with Gasteiger partial charge < -0.3 is 15.3 Å². The molecule has 2 unspecified atom stereocenters. The first-order valence-electron chi connectivity index (χ1n) is 7.14. The van der Waals surface area contributed by atoms with E-state index in [4.69, 9.17) is 0 Å². The van der Waals surface area contributed by atoms with Crippen LogP contribution in [-0.4, -0.2) is 73.9 Å². The van der Waals surface area contributed by atoms with Gasteiger partial charge in [0, 0.05) is 25.7 Å². The number of aliphatic hydroxyl groups excluding tert-OH is 1. The Bertz CT molecular complexity index is 197. The van der Waals surface area contributed by atoms with E-state index in [2.05, 4.69) is 56.9 Å². The highest BCUT2D eigenvalue weighted by molar-refractivity contribution is 4.73. The summed E-state index contributed by atoms with van der Waals surface area (Å²) >= 11 is 0. The quantitative estimate of drug-likeness (QED) is 0.610. The SMILES string of the molecule is CCN(CC(O)CNCC(C)C)C(C)CN(C)C. The zero-order valence-corrected chi connectivity index (χ0v) is 13.1. The van der Waals surface area contributed by atoms with Crippen LogP contribution in [0.25, 0.3) is 0 Å². The molecule has 0 heterocycles. The van der Waals surface area contributed by atoms with Crippen LogP contribution in [0.1, 0.15) is 27.7 Å². The molecule has 0 rings (SSSR count). The molecule has 0 spiro atoms. The largest absolute Gasteiger partial charge is 0.390 e. The molecule has 18 heavy (non-hydrogen) atoms. The van der Waals surface area contributed by atoms with E-state index in [0.717, 1.165) is 26.2 Å². The molecular weight excluding hydrogens is 226 g/mol. The van der Waals surface area contributed by atoms with Crippen LogP contribution in [0, 0.1) is 5.92 Å². The summed E-state index contributed by atoms with van der Waals surface area (Å²) in [6, 6.07) is 0.477. The number of rotatable bonds is 10. The minimum atomic E-state index is -0.284. The van der Waals surface area contributed by atoms with Crippen molar-refractivity contribution in [1.29, 1.82) is 0 Å². The molecule has 0 bridgehead atoms. The summed E-state index contributed by atoms with van der Waals surface area (Å²) in [4.78, 5) is 4.53. The predicted octanol–water partition coefficient (Wildman–Crippen LogP) is 0.865. The standard InChI is InChI=1S/C14H33N3O/c1-7-17(13(4)10-16(5)6)11-14(18)9-15-8-12(2)3/h12-15,18H,7-11H2,1-6H3. The van der Waals surface area contributed by atoms with Crippen molar-refractivity contribution in [2.45, 2.75) is 39.8 Å². The molecule has 0 fully saturated rings. The summed E-state index contributed by atoms with van der Waals surface area (Å²) in [5, 5.41) is 13.3. The molecule has 0 aliphatic rings. The molecule has 0 aromatic carbocycles. The molecule has 4 heteroatoms. The minimum absolute atomic E-state index is 0.284. The molecule has 0 saturated heterocycles. The maximum Gasteiger partial charge on any atom is 0.0791 e. The van der Waals surface area contributed by atoms with Gasteiger partial charge in [-0.3, -0.25) is 4.90 Å². The van der Waals surface area contributed by atoms with Crippen LogP contribution < -0.4 is 5.32 Å². The van der Waals surface area contributed by atoms with E-state index in [1.807, 2.05) is 0 Å². The Kier molecular flexibility index (Phi) is 9.64. The molecular formula is C14H33N3O. The van der Waals surface area contributed by atoms with Crippen LogP contribution in [0.2, 0.25) is 0 Å². The molecule has 0 amide bonds. The first-order valence-corrected chi connectivity index (χ1v) is 7.14. The molecule has 110 valence electrons. The third-order valence-corrected chi connectivity index (χ3v) is 3.04. The van der Waals surface area contributed by atoms with Crippen LogP contribution in [0.3, 0.4) is 0 Å². The van der Waals surface area contributed by atoms with Gasteiger partial charge in [0.05, 0.1) is 6.10 Å². The van der Waals surface area contributed by atoms with Gasteiger partial charge in [-0.15, -0.1) is 0 Å². The summed E-state index contributed by atoms with van der Waals surface area (Å²) in [6.45, 7) is 13.1. The predicted molar refractivity (Wildman–Crippen MR) is 79.0 cm³/mol. The van der Waals surface area contributed by atoms with Crippen molar-refractivity contribution < 1.29 is 5.11 Å². The van der Waals surface area contributed by atoms with E-state index < -0.39 is 0 Å². The summed E-state index contributed by atoms with van der Waals surface area (Å²) in [7, 11) is 4.18. The molecule has 0 saturated carbocycles. The number of likely N-dealkylation sites (N-methyl/N-ethyl adjacent to an activating group) is 2. The van der Waals surface area contributed by atoms with E-state index in [-0.39, 0.29) is 6.10 Å². The highest BCUT2D eigenvalue weighted by atomic mass is 16.3. The van der Waals surface area contributed by atoms with Crippen LogP contribution in [0.15, 0.2) is 0 Å². The molecule has 4 nitrogen and oxygen atoms in total. The van der Waals surface area contributed by atoms with Crippen molar-refractivity contribution in [3.63, 3.8) is 0 Å². The smallest absolute Gasteiger partial charge is 0.0791 e. The molecule has 0 aromatic rings. The second-order valence-electron chi connectivity index (χ2n) is 5.90. The Balaban J connectivity index is 3.95. The third kappa shape index (κ3) is 8.86. The number of hydrogen-bond donors (Lipinski definition) is 2. The van der Waals surface area contributed by atoms with Gasteiger partial charge in [0.1, 0.15) is 0 Å². The third-order valence-electron chi connectivity index (χ3n) is 3.04. The van der Waals surface area contributed by atoms with Gasteiger partial charge in [0.15, 0.2) is 0 Å². The average molecular weight is 259 g/mol. The van der Waals surface area contributed by atoms with Crippen molar-refractivity contribution in [3.05, 3.63) is 0 Å². The fraction of sp³-hybridized carbons (Fsp3) is 1.00. The number of aliphatic hydroxyl groups is 1.